The molecule has 1 N–H and O–H groups in total. The maximum atomic E-state index is 11.0. The van der Waals surface area contributed by atoms with E-state index in [-0.39, 0.29) is 5.56 Å². The average Bonchev–Trinajstić information content (AvgIpc) is 2.46. The number of aryl methyl sites for hydroxylation is 1. The van der Waals surface area contributed by atoms with Crippen molar-refractivity contribution in [3.8, 4) is 6.07 Å². The Morgan fingerprint density at radius 2 is 1.90 bits per heavy atom. The molecular formula is C15H13N3O2. The second kappa shape index (κ2) is 5.41. The van der Waals surface area contributed by atoms with E-state index in [1.807, 2.05) is 24.1 Å². The minimum absolute atomic E-state index is 0.196. The highest BCUT2D eigenvalue weighted by molar-refractivity contribution is 5.89. The quantitative estimate of drug-likeness (QED) is 0.925. The summed E-state index contributed by atoms with van der Waals surface area (Å²) in [6.45, 7) is 1.67. The Labute approximate surface area is 116 Å². The van der Waals surface area contributed by atoms with E-state index in [0.29, 0.717) is 17.1 Å². The molecule has 20 heavy (non-hydrogen) atoms. The van der Waals surface area contributed by atoms with E-state index < -0.39 is 5.97 Å². The third-order valence-electron chi connectivity index (χ3n) is 3.03. The number of carbonyl (C=O) groups is 1. The van der Waals surface area contributed by atoms with Crippen molar-refractivity contribution in [2.24, 2.45) is 0 Å². The topological polar surface area (TPSA) is 77.2 Å². The minimum atomic E-state index is -0.984. The van der Waals surface area contributed by atoms with Crippen LogP contribution in [0.25, 0.3) is 0 Å². The summed E-state index contributed by atoms with van der Waals surface area (Å²) in [4.78, 5) is 17.1. The highest BCUT2D eigenvalue weighted by Gasteiger charge is 2.11. The zero-order chi connectivity index (χ0) is 14.7. The van der Waals surface area contributed by atoms with Gasteiger partial charge in [-0.05, 0) is 43.3 Å². The van der Waals surface area contributed by atoms with Gasteiger partial charge in [0.1, 0.15) is 5.82 Å². The predicted molar refractivity (Wildman–Crippen MR) is 75.2 cm³/mol. The van der Waals surface area contributed by atoms with Gasteiger partial charge in [-0.2, -0.15) is 5.26 Å². The smallest absolute Gasteiger partial charge is 0.337 e. The summed E-state index contributed by atoms with van der Waals surface area (Å²) in [7, 11) is 1.84. The van der Waals surface area contributed by atoms with Gasteiger partial charge in [0.2, 0.25) is 0 Å². The summed E-state index contributed by atoms with van der Waals surface area (Å²) in [5, 5.41) is 17.8. The first kappa shape index (κ1) is 13.6. The van der Waals surface area contributed by atoms with Gasteiger partial charge in [-0.3, -0.25) is 0 Å². The van der Waals surface area contributed by atoms with Gasteiger partial charge in [0, 0.05) is 12.7 Å². The van der Waals surface area contributed by atoms with Crippen LogP contribution in [0, 0.1) is 18.3 Å². The summed E-state index contributed by atoms with van der Waals surface area (Å²) in [5.74, 6) is -0.334. The number of carboxylic acids is 1. The lowest BCUT2D eigenvalue weighted by atomic mass is 10.2. The van der Waals surface area contributed by atoms with Crippen LogP contribution in [0.15, 0.2) is 36.4 Å². The van der Waals surface area contributed by atoms with Gasteiger partial charge in [-0.25, -0.2) is 9.78 Å². The molecule has 1 aromatic heterocycles. The zero-order valence-corrected chi connectivity index (χ0v) is 11.2. The third-order valence-corrected chi connectivity index (χ3v) is 3.03. The van der Waals surface area contributed by atoms with Crippen molar-refractivity contribution in [1.29, 1.82) is 5.26 Å². The van der Waals surface area contributed by atoms with E-state index in [4.69, 9.17) is 10.4 Å². The molecule has 0 spiro atoms. The van der Waals surface area contributed by atoms with Crippen molar-refractivity contribution >= 4 is 17.5 Å². The van der Waals surface area contributed by atoms with Crippen molar-refractivity contribution in [2.45, 2.75) is 6.92 Å². The first-order valence-corrected chi connectivity index (χ1v) is 5.98. The van der Waals surface area contributed by atoms with Crippen LogP contribution in [-0.2, 0) is 0 Å². The van der Waals surface area contributed by atoms with Gasteiger partial charge in [0.15, 0.2) is 0 Å². The van der Waals surface area contributed by atoms with Crippen LogP contribution in [-0.4, -0.2) is 23.1 Å². The summed E-state index contributed by atoms with van der Waals surface area (Å²) >= 11 is 0. The predicted octanol–water partition coefficient (Wildman–Crippen LogP) is 2.73. The number of hydrogen-bond acceptors (Lipinski definition) is 4. The lowest BCUT2D eigenvalue weighted by Crippen LogP contribution is -2.13. The maximum Gasteiger partial charge on any atom is 0.337 e. The highest BCUT2D eigenvalue weighted by atomic mass is 16.4. The van der Waals surface area contributed by atoms with E-state index >= 15 is 0 Å². The van der Waals surface area contributed by atoms with Crippen molar-refractivity contribution in [3.05, 3.63) is 53.2 Å². The molecule has 100 valence electrons. The molecule has 1 heterocycles. The number of anilines is 2. The Morgan fingerprint density at radius 3 is 2.40 bits per heavy atom. The Kier molecular flexibility index (Phi) is 3.67. The van der Waals surface area contributed by atoms with E-state index in [9.17, 15) is 4.79 Å². The molecule has 5 nitrogen and oxygen atoms in total. The zero-order valence-electron chi connectivity index (χ0n) is 11.2. The molecule has 0 saturated heterocycles. The number of aromatic nitrogens is 1. The molecule has 0 fully saturated rings. The van der Waals surface area contributed by atoms with E-state index in [1.54, 1.807) is 31.2 Å². The third kappa shape index (κ3) is 2.59. The van der Waals surface area contributed by atoms with Crippen molar-refractivity contribution in [2.75, 3.05) is 11.9 Å². The summed E-state index contributed by atoms with van der Waals surface area (Å²) in [6, 6.07) is 12.4. The van der Waals surface area contributed by atoms with Crippen LogP contribution in [0.5, 0.6) is 0 Å². The summed E-state index contributed by atoms with van der Waals surface area (Å²) in [6.07, 6.45) is 0. The fourth-order valence-corrected chi connectivity index (χ4v) is 1.85. The van der Waals surface area contributed by atoms with Gasteiger partial charge in [-0.1, -0.05) is 0 Å². The maximum absolute atomic E-state index is 11.0. The molecule has 0 unspecified atom stereocenters. The van der Waals surface area contributed by atoms with Crippen molar-refractivity contribution in [1.82, 2.24) is 4.98 Å². The Bertz CT molecular complexity index is 687. The second-order valence-corrected chi connectivity index (χ2v) is 4.33. The first-order chi connectivity index (χ1) is 9.52. The number of hydrogen-bond donors (Lipinski definition) is 1. The number of benzene rings is 1. The Balaban J connectivity index is 2.33. The Morgan fingerprint density at radius 1 is 1.25 bits per heavy atom. The SMILES string of the molecule is Cc1nc(N(C)c2ccc(C#N)cc2)ccc1C(=O)O. The molecule has 0 aliphatic heterocycles. The molecule has 0 amide bonds. The number of carboxylic acid groups (broad SMARTS) is 1. The number of aromatic carboxylic acids is 1. The second-order valence-electron chi connectivity index (χ2n) is 4.33. The lowest BCUT2D eigenvalue weighted by Gasteiger charge is -2.19. The summed E-state index contributed by atoms with van der Waals surface area (Å²) < 4.78 is 0. The highest BCUT2D eigenvalue weighted by Crippen LogP contribution is 2.23. The standard InChI is InChI=1S/C15H13N3O2/c1-10-13(15(19)20)7-8-14(17-10)18(2)12-5-3-11(9-16)4-6-12/h3-8H,1-2H3,(H,19,20). The van der Waals surface area contributed by atoms with Crippen LogP contribution in [0.2, 0.25) is 0 Å². The number of pyridine rings is 1. The molecule has 0 aliphatic carbocycles. The fourth-order valence-electron chi connectivity index (χ4n) is 1.85. The molecule has 2 aromatic rings. The number of rotatable bonds is 3. The van der Waals surface area contributed by atoms with Crippen molar-refractivity contribution < 1.29 is 9.90 Å². The summed E-state index contributed by atoms with van der Waals surface area (Å²) in [5.41, 5.74) is 2.13. The van der Waals surface area contributed by atoms with Gasteiger partial charge < -0.3 is 10.0 Å². The monoisotopic (exact) mass is 267 g/mol. The van der Waals surface area contributed by atoms with Crippen LogP contribution in [0.1, 0.15) is 21.6 Å². The number of nitriles is 1. The first-order valence-electron chi connectivity index (χ1n) is 5.98. The van der Waals surface area contributed by atoms with E-state index in [1.165, 1.54) is 0 Å². The lowest BCUT2D eigenvalue weighted by molar-refractivity contribution is 0.0695. The molecular weight excluding hydrogens is 254 g/mol. The molecule has 5 heteroatoms. The van der Waals surface area contributed by atoms with Crippen LogP contribution >= 0.6 is 0 Å². The van der Waals surface area contributed by atoms with Gasteiger partial charge in [-0.15, -0.1) is 0 Å². The molecule has 0 radical (unpaired) electrons. The van der Waals surface area contributed by atoms with Gasteiger partial charge in [0.05, 0.1) is 22.9 Å². The molecule has 0 bridgehead atoms. The minimum Gasteiger partial charge on any atom is -0.478 e. The van der Waals surface area contributed by atoms with Gasteiger partial charge >= 0.3 is 5.97 Å². The van der Waals surface area contributed by atoms with Crippen LogP contribution in [0.4, 0.5) is 11.5 Å². The molecule has 1 aromatic carbocycles. The molecule has 0 saturated carbocycles. The normalized spacial score (nSPS) is 9.85. The molecule has 2 rings (SSSR count). The molecule has 0 aliphatic rings. The van der Waals surface area contributed by atoms with E-state index in [0.717, 1.165) is 5.69 Å². The van der Waals surface area contributed by atoms with Crippen LogP contribution < -0.4 is 4.90 Å². The Hall–Kier alpha value is -2.87. The fraction of sp³-hybridized carbons (Fsp3) is 0.133. The average molecular weight is 267 g/mol. The largest absolute Gasteiger partial charge is 0.478 e. The van der Waals surface area contributed by atoms with Crippen molar-refractivity contribution in [3.63, 3.8) is 0 Å². The van der Waals surface area contributed by atoms with E-state index in [2.05, 4.69) is 11.1 Å². The van der Waals surface area contributed by atoms with Crippen LogP contribution in [0.3, 0.4) is 0 Å². The number of nitrogens with zero attached hydrogens (tertiary/aromatic N) is 3. The molecule has 0 atom stereocenters. The van der Waals surface area contributed by atoms with Gasteiger partial charge in [0.25, 0.3) is 0 Å².